The van der Waals surface area contributed by atoms with Crippen LogP contribution in [0.1, 0.15) is 25.3 Å². The van der Waals surface area contributed by atoms with Crippen LogP contribution in [-0.2, 0) is 21.0 Å². The second kappa shape index (κ2) is 5.19. The monoisotopic (exact) mass is 254 g/mol. The lowest BCUT2D eigenvalue weighted by molar-refractivity contribution is 0.397. The predicted octanol–water partition coefficient (Wildman–Crippen LogP) is 2.20. The number of hydrogen-bond acceptors (Lipinski definition) is 3. The molecule has 0 amide bonds. The molecule has 1 aliphatic rings. The number of sulfone groups is 1. The maximum Gasteiger partial charge on any atom is 0.178 e. The smallest absolute Gasteiger partial charge is 0.178 e. The first-order valence-corrected chi connectivity index (χ1v) is 7.70. The number of epoxide rings is 1. The molecule has 0 bridgehead atoms. The van der Waals surface area contributed by atoms with Crippen molar-refractivity contribution in [2.75, 3.05) is 12.4 Å². The molecule has 4 heteroatoms. The number of rotatable bonds is 6. The van der Waals surface area contributed by atoms with E-state index in [0.717, 1.165) is 25.0 Å². The van der Waals surface area contributed by atoms with Crippen LogP contribution in [0.25, 0.3) is 0 Å². The van der Waals surface area contributed by atoms with Crippen molar-refractivity contribution in [2.45, 2.75) is 37.2 Å². The molecule has 1 aromatic rings. The van der Waals surface area contributed by atoms with E-state index < -0.39 is 9.84 Å². The van der Waals surface area contributed by atoms with E-state index in [0.29, 0.717) is 17.4 Å². The van der Waals surface area contributed by atoms with Gasteiger partial charge < -0.3 is 4.74 Å². The Morgan fingerprint density at radius 3 is 2.82 bits per heavy atom. The van der Waals surface area contributed by atoms with Crippen LogP contribution in [0.2, 0.25) is 0 Å². The van der Waals surface area contributed by atoms with Gasteiger partial charge in [0, 0.05) is 0 Å². The molecule has 0 aliphatic carbocycles. The number of aryl methyl sites for hydroxylation is 1. The van der Waals surface area contributed by atoms with Crippen LogP contribution >= 0.6 is 0 Å². The molecule has 0 saturated carbocycles. The van der Waals surface area contributed by atoms with E-state index in [2.05, 4.69) is 0 Å². The molecule has 1 atom stereocenters. The summed E-state index contributed by atoms with van der Waals surface area (Å²) in [7, 11) is -3.09. The number of hydrogen-bond donors (Lipinski definition) is 0. The van der Waals surface area contributed by atoms with Gasteiger partial charge in [-0.05, 0) is 37.0 Å². The fourth-order valence-corrected chi connectivity index (χ4v) is 3.23. The highest BCUT2D eigenvalue weighted by molar-refractivity contribution is 7.91. The minimum absolute atomic E-state index is 0.224. The Morgan fingerprint density at radius 1 is 1.41 bits per heavy atom. The van der Waals surface area contributed by atoms with E-state index in [1.54, 1.807) is 12.1 Å². The van der Waals surface area contributed by atoms with Gasteiger partial charge >= 0.3 is 0 Å². The summed E-state index contributed by atoms with van der Waals surface area (Å²) >= 11 is 0. The van der Waals surface area contributed by atoms with E-state index in [1.807, 2.05) is 19.1 Å². The van der Waals surface area contributed by atoms with Crippen molar-refractivity contribution in [1.29, 1.82) is 0 Å². The SMILES string of the molecule is CCCS(=O)(=O)c1cccc(CCC2CO2)c1. The first kappa shape index (κ1) is 12.6. The highest BCUT2D eigenvalue weighted by Gasteiger charge is 2.22. The van der Waals surface area contributed by atoms with Crippen molar-refractivity contribution in [3.63, 3.8) is 0 Å². The summed E-state index contributed by atoms with van der Waals surface area (Å²) in [4.78, 5) is 0.452. The summed E-state index contributed by atoms with van der Waals surface area (Å²) in [5.74, 6) is 0.224. The second-order valence-corrected chi connectivity index (χ2v) is 6.57. The van der Waals surface area contributed by atoms with Crippen LogP contribution in [0.3, 0.4) is 0 Å². The average Bonchev–Trinajstić information content (AvgIpc) is 3.10. The average molecular weight is 254 g/mol. The zero-order valence-corrected chi connectivity index (χ0v) is 10.9. The van der Waals surface area contributed by atoms with Gasteiger partial charge in [-0.3, -0.25) is 0 Å². The van der Waals surface area contributed by atoms with Gasteiger partial charge in [0.1, 0.15) is 0 Å². The van der Waals surface area contributed by atoms with Crippen LogP contribution < -0.4 is 0 Å². The molecule has 0 N–H and O–H groups in total. The lowest BCUT2D eigenvalue weighted by Gasteiger charge is -2.05. The fourth-order valence-electron chi connectivity index (χ4n) is 1.84. The summed E-state index contributed by atoms with van der Waals surface area (Å²) < 4.78 is 29.0. The molecule has 0 radical (unpaired) electrons. The minimum atomic E-state index is -3.09. The molecule has 1 unspecified atom stereocenters. The topological polar surface area (TPSA) is 46.7 Å². The van der Waals surface area contributed by atoms with Gasteiger partial charge in [0.25, 0.3) is 0 Å². The first-order chi connectivity index (χ1) is 8.12. The van der Waals surface area contributed by atoms with Gasteiger partial charge in [-0.25, -0.2) is 8.42 Å². The summed E-state index contributed by atoms with van der Waals surface area (Å²) in [6, 6.07) is 7.29. The Hall–Kier alpha value is -0.870. The lowest BCUT2D eigenvalue weighted by atomic mass is 10.1. The molecule has 1 aromatic carbocycles. The van der Waals surface area contributed by atoms with Crippen LogP contribution in [-0.4, -0.2) is 26.9 Å². The van der Waals surface area contributed by atoms with E-state index in [9.17, 15) is 8.42 Å². The number of benzene rings is 1. The first-order valence-electron chi connectivity index (χ1n) is 6.05. The molecule has 94 valence electrons. The van der Waals surface area contributed by atoms with Crippen LogP contribution in [0.4, 0.5) is 0 Å². The molecule has 1 aliphatic heterocycles. The van der Waals surface area contributed by atoms with Crippen LogP contribution in [0.15, 0.2) is 29.2 Å². The van der Waals surface area contributed by atoms with Gasteiger partial charge in [-0.15, -0.1) is 0 Å². The largest absolute Gasteiger partial charge is 0.373 e. The van der Waals surface area contributed by atoms with Crippen molar-refractivity contribution in [3.8, 4) is 0 Å². The van der Waals surface area contributed by atoms with Gasteiger partial charge in [0.05, 0.1) is 23.4 Å². The Labute approximate surface area is 103 Å². The highest BCUT2D eigenvalue weighted by Crippen LogP contribution is 2.19. The number of ether oxygens (including phenoxy) is 1. The van der Waals surface area contributed by atoms with E-state index in [4.69, 9.17) is 4.74 Å². The summed E-state index contributed by atoms with van der Waals surface area (Å²) in [6.45, 7) is 2.74. The highest BCUT2D eigenvalue weighted by atomic mass is 32.2. The van der Waals surface area contributed by atoms with Gasteiger partial charge in [0.15, 0.2) is 9.84 Å². The second-order valence-electron chi connectivity index (χ2n) is 4.46. The third kappa shape index (κ3) is 3.54. The third-order valence-corrected chi connectivity index (χ3v) is 4.81. The minimum Gasteiger partial charge on any atom is -0.373 e. The molecular weight excluding hydrogens is 236 g/mol. The molecule has 17 heavy (non-hydrogen) atoms. The molecule has 3 nitrogen and oxygen atoms in total. The van der Waals surface area contributed by atoms with E-state index >= 15 is 0 Å². The van der Waals surface area contributed by atoms with Crippen LogP contribution in [0, 0.1) is 0 Å². The zero-order chi connectivity index (χ0) is 12.3. The van der Waals surface area contributed by atoms with Crippen LogP contribution in [0.5, 0.6) is 0 Å². The maximum atomic E-state index is 11.9. The zero-order valence-electron chi connectivity index (χ0n) is 10.1. The maximum absolute atomic E-state index is 11.9. The van der Waals surface area contributed by atoms with Crippen molar-refractivity contribution < 1.29 is 13.2 Å². The Bertz CT molecular complexity index is 475. The Balaban J connectivity index is 2.09. The predicted molar refractivity (Wildman–Crippen MR) is 66.8 cm³/mol. The Kier molecular flexibility index (Phi) is 3.84. The molecule has 1 heterocycles. The summed E-state index contributed by atoms with van der Waals surface area (Å²) in [5, 5.41) is 0. The Morgan fingerprint density at radius 2 is 2.18 bits per heavy atom. The van der Waals surface area contributed by atoms with Gasteiger partial charge in [-0.2, -0.15) is 0 Å². The molecular formula is C13H18O3S. The fraction of sp³-hybridized carbons (Fsp3) is 0.538. The molecule has 0 spiro atoms. The summed E-state index contributed by atoms with van der Waals surface area (Å²) in [5.41, 5.74) is 1.08. The standard InChI is InChI=1S/C13H18O3S/c1-2-8-17(14,15)13-5-3-4-11(9-13)6-7-12-10-16-12/h3-5,9,12H,2,6-8,10H2,1H3. The van der Waals surface area contributed by atoms with Crippen molar-refractivity contribution >= 4 is 9.84 Å². The third-order valence-electron chi connectivity index (χ3n) is 2.89. The summed E-state index contributed by atoms with van der Waals surface area (Å²) in [6.07, 6.45) is 2.92. The molecule has 0 aromatic heterocycles. The molecule has 1 fully saturated rings. The van der Waals surface area contributed by atoms with Crippen molar-refractivity contribution in [2.24, 2.45) is 0 Å². The van der Waals surface area contributed by atoms with Gasteiger partial charge in [0.2, 0.25) is 0 Å². The quantitative estimate of drug-likeness (QED) is 0.731. The molecule has 1 saturated heterocycles. The normalized spacial score (nSPS) is 19.2. The molecule has 2 rings (SSSR count). The van der Waals surface area contributed by atoms with Crippen molar-refractivity contribution in [3.05, 3.63) is 29.8 Å². The van der Waals surface area contributed by atoms with Crippen molar-refractivity contribution in [1.82, 2.24) is 0 Å². The lowest BCUT2D eigenvalue weighted by Crippen LogP contribution is -2.06. The van der Waals surface area contributed by atoms with E-state index in [1.165, 1.54) is 0 Å². The van der Waals surface area contributed by atoms with Gasteiger partial charge in [-0.1, -0.05) is 19.1 Å². The van der Waals surface area contributed by atoms with E-state index in [-0.39, 0.29) is 5.75 Å².